The van der Waals surface area contributed by atoms with E-state index in [0.717, 1.165) is 0 Å². The molecule has 0 spiro atoms. The zero-order valence-corrected chi connectivity index (χ0v) is 11.1. The summed E-state index contributed by atoms with van der Waals surface area (Å²) in [5.41, 5.74) is -1.18. The van der Waals surface area contributed by atoms with E-state index >= 15 is 0 Å². The lowest BCUT2D eigenvalue weighted by atomic mass is 9.73. The van der Waals surface area contributed by atoms with Gasteiger partial charge in [0.25, 0.3) is 0 Å². The molecule has 16 heavy (non-hydrogen) atoms. The summed E-state index contributed by atoms with van der Waals surface area (Å²) in [7, 11) is 2.85. The van der Waals surface area contributed by atoms with E-state index in [1.54, 1.807) is 0 Å². The highest BCUT2D eigenvalue weighted by molar-refractivity contribution is 5.74. The molecule has 0 aliphatic carbocycles. The van der Waals surface area contributed by atoms with E-state index in [9.17, 15) is 9.90 Å². The molecular weight excluding hydrogens is 208 g/mol. The van der Waals surface area contributed by atoms with Gasteiger partial charge in [0.1, 0.15) is 5.60 Å². The second-order valence-corrected chi connectivity index (χ2v) is 4.82. The number of methoxy groups -OCH3 is 2. The van der Waals surface area contributed by atoms with E-state index < -0.39 is 11.5 Å². The normalized spacial score (nSPS) is 17.3. The first-order valence-electron chi connectivity index (χ1n) is 5.60. The molecular formula is C12H24O4. The summed E-state index contributed by atoms with van der Waals surface area (Å²) in [6.45, 7) is 7.66. The smallest absolute Gasteiger partial charge is 0.311 e. The molecule has 4 nitrogen and oxygen atoms in total. The van der Waals surface area contributed by atoms with Gasteiger partial charge in [0.05, 0.1) is 19.6 Å². The third kappa shape index (κ3) is 3.19. The first-order valence-corrected chi connectivity index (χ1v) is 5.60. The topological polar surface area (TPSA) is 55.8 Å². The van der Waals surface area contributed by atoms with Crippen molar-refractivity contribution in [2.24, 2.45) is 17.8 Å². The Bertz CT molecular complexity index is 225. The number of hydrogen-bond donors (Lipinski definition) is 1. The number of rotatable bonds is 6. The van der Waals surface area contributed by atoms with Crippen LogP contribution < -0.4 is 0 Å². The summed E-state index contributed by atoms with van der Waals surface area (Å²) in [5.74, 6) is -1.05. The van der Waals surface area contributed by atoms with Crippen molar-refractivity contribution in [3.05, 3.63) is 0 Å². The van der Waals surface area contributed by atoms with Gasteiger partial charge in [-0.15, -0.1) is 0 Å². The summed E-state index contributed by atoms with van der Waals surface area (Å²) in [5, 5.41) is 10.6. The molecule has 0 aliphatic rings. The van der Waals surface area contributed by atoms with Crippen LogP contribution in [-0.4, -0.2) is 37.5 Å². The van der Waals surface area contributed by atoms with Gasteiger partial charge in [-0.1, -0.05) is 27.7 Å². The molecule has 0 aromatic rings. The van der Waals surface area contributed by atoms with Gasteiger partial charge in [0.15, 0.2) is 0 Å². The monoisotopic (exact) mass is 232 g/mol. The molecule has 0 rings (SSSR count). The van der Waals surface area contributed by atoms with Crippen LogP contribution in [0.15, 0.2) is 0 Å². The lowest BCUT2D eigenvalue weighted by Gasteiger charge is -2.39. The van der Waals surface area contributed by atoms with Crippen LogP contribution >= 0.6 is 0 Å². The van der Waals surface area contributed by atoms with E-state index in [-0.39, 0.29) is 24.4 Å². The first-order chi connectivity index (χ1) is 7.31. The largest absolute Gasteiger partial charge is 0.469 e. The molecule has 2 atom stereocenters. The SMILES string of the molecule is COCC(O)(C(C)C)C(C(=O)OC)C(C)C. The van der Waals surface area contributed by atoms with E-state index in [1.165, 1.54) is 14.2 Å². The quantitative estimate of drug-likeness (QED) is 0.704. The summed E-state index contributed by atoms with van der Waals surface area (Å²) >= 11 is 0. The highest BCUT2D eigenvalue weighted by atomic mass is 16.5. The molecule has 0 saturated carbocycles. The maximum Gasteiger partial charge on any atom is 0.311 e. The Balaban J connectivity index is 5.17. The second kappa shape index (κ2) is 6.21. The van der Waals surface area contributed by atoms with Crippen LogP contribution in [0.25, 0.3) is 0 Å². The van der Waals surface area contributed by atoms with Crippen molar-refractivity contribution in [2.75, 3.05) is 20.8 Å². The average Bonchev–Trinajstić information content (AvgIpc) is 2.17. The van der Waals surface area contributed by atoms with Crippen LogP contribution in [-0.2, 0) is 14.3 Å². The highest BCUT2D eigenvalue weighted by Crippen LogP contribution is 2.33. The molecule has 0 radical (unpaired) electrons. The number of hydrogen-bond acceptors (Lipinski definition) is 4. The predicted octanol–water partition coefficient (Wildman–Crippen LogP) is 1.47. The number of carbonyl (C=O) groups is 1. The molecule has 0 amide bonds. The summed E-state index contributed by atoms with van der Waals surface area (Å²) in [4.78, 5) is 11.7. The predicted molar refractivity (Wildman–Crippen MR) is 62.0 cm³/mol. The minimum absolute atomic E-state index is 0.00463. The fourth-order valence-corrected chi connectivity index (χ4v) is 2.03. The van der Waals surface area contributed by atoms with Crippen molar-refractivity contribution in [1.29, 1.82) is 0 Å². The Labute approximate surface area is 97.9 Å². The molecule has 1 N–H and O–H groups in total. The van der Waals surface area contributed by atoms with E-state index in [1.807, 2.05) is 27.7 Å². The fourth-order valence-electron chi connectivity index (χ4n) is 2.03. The molecule has 0 fully saturated rings. The van der Waals surface area contributed by atoms with Gasteiger partial charge >= 0.3 is 5.97 Å². The summed E-state index contributed by atoms with van der Waals surface area (Å²) in [6, 6.07) is 0. The number of ether oxygens (including phenoxy) is 2. The van der Waals surface area contributed by atoms with Crippen LogP contribution in [0.3, 0.4) is 0 Å². The van der Waals surface area contributed by atoms with Gasteiger partial charge < -0.3 is 14.6 Å². The lowest BCUT2D eigenvalue weighted by molar-refractivity contribution is -0.171. The van der Waals surface area contributed by atoms with Gasteiger partial charge in [-0.05, 0) is 11.8 Å². The molecule has 0 bridgehead atoms. The fraction of sp³-hybridized carbons (Fsp3) is 0.917. The first kappa shape index (κ1) is 15.4. The number of aliphatic hydroxyl groups is 1. The molecule has 4 heteroatoms. The van der Waals surface area contributed by atoms with E-state index in [0.29, 0.717) is 0 Å². The Morgan fingerprint density at radius 2 is 1.75 bits per heavy atom. The van der Waals surface area contributed by atoms with Crippen molar-refractivity contribution in [3.63, 3.8) is 0 Å². The summed E-state index contributed by atoms with van der Waals surface area (Å²) in [6.07, 6.45) is 0. The third-order valence-corrected chi connectivity index (χ3v) is 3.04. The highest BCUT2D eigenvalue weighted by Gasteiger charge is 2.46. The average molecular weight is 232 g/mol. The van der Waals surface area contributed by atoms with Crippen LogP contribution in [0.2, 0.25) is 0 Å². The maximum absolute atomic E-state index is 11.7. The Morgan fingerprint density at radius 3 is 2.00 bits per heavy atom. The zero-order chi connectivity index (χ0) is 12.9. The van der Waals surface area contributed by atoms with Gasteiger partial charge in [-0.3, -0.25) is 4.79 Å². The van der Waals surface area contributed by atoms with Crippen LogP contribution in [0.5, 0.6) is 0 Å². The third-order valence-electron chi connectivity index (χ3n) is 3.04. The van der Waals surface area contributed by atoms with Gasteiger partial charge in [-0.25, -0.2) is 0 Å². The standard InChI is InChI=1S/C12H24O4/c1-8(2)10(11(13)16-6)12(14,7-15-5)9(3)4/h8-10,14H,7H2,1-6H3. The van der Waals surface area contributed by atoms with Crippen LogP contribution in [0.1, 0.15) is 27.7 Å². The Hall–Kier alpha value is -0.610. The minimum Gasteiger partial charge on any atom is -0.469 e. The number of carbonyl (C=O) groups excluding carboxylic acids is 1. The molecule has 96 valence electrons. The molecule has 0 heterocycles. The van der Waals surface area contributed by atoms with Gasteiger partial charge in [-0.2, -0.15) is 0 Å². The molecule has 0 aromatic carbocycles. The van der Waals surface area contributed by atoms with Gasteiger partial charge in [0.2, 0.25) is 0 Å². The summed E-state index contributed by atoms with van der Waals surface area (Å²) < 4.78 is 9.80. The molecule has 2 unspecified atom stereocenters. The Morgan fingerprint density at radius 1 is 1.25 bits per heavy atom. The molecule has 0 aromatic heterocycles. The van der Waals surface area contributed by atoms with Crippen LogP contribution in [0.4, 0.5) is 0 Å². The van der Waals surface area contributed by atoms with Crippen LogP contribution in [0, 0.1) is 17.8 Å². The molecule has 0 saturated heterocycles. The maximum atomic E-state index is 11.7. The lowest BCUT2D eigenvalue weighted by Crippen LogP contribution is -2.52. The second-order valence-electron chi connectivity index (χ2n) is 4.82. The minimum atomic E-state index is -1.18. The van der Waals surface area contributed by atoms with Crippen molar-refractivity contribution >= 4 is 5.97 Å². The number of esters is 1. The zero-order valence-electron chi connectivity index (χ0n) is 11.1. The van der Waals surface area contributed by atoms with Gasteiger partial charge in [0, 0.05) is 7.11 Å². The van der Waals surface area contributed by atoms with E-state index in [4.69, 9.17) is 9.47 Å². The van der Waals surface area contributed by atoms with Crippen molar-refractivity contribution < 1.29 is 19.4 Å². The Kier molecular flexibility index (Phi) is 5.97. The van der Waals surface area contributed by atoms with E-state index in [2.05, 4.69) is 0 Å². The molecule has 0 aliphatic heterocycles. The van der Waals surface area contributed by atoms with Crippen molar-refractivity contribution in [2.45, 2.75) is 33.3 Å². The van der Waals surface area contributed by atoms with Crippen molar-refractivity contribution in [1.82, 2.24) is 0 Å². The van der Waals surface area contributed by atoms with Crippen molar-refractivity contribution in [3.8, 4) is 0 Å².